The number of halogens is 1. The summed E-state index contributed by atoms with van der Waals surface area (Å²) in [6.07, 6.45) is 3.55. The van der Waals surface area contributed by atoms with Crippen LogP contribution < -0.4 is 0 Å². The van der Waals surface area contributed by atoms with Crippen molar-refractivity contribution in [2.24, 2.45) is 5.41 Å². The van der Waals surface area contributed by atoms with Gasteiger partial charge in [-0.05, 0) is 49.4 Å². The maximum absolute atomic E-state index is 10.8. The summed E-state index contributed by atoms with van der Waals surface area (Å²) in [6, 6.07) is 4.67. The van der Waals surface area contributed by atoms with Gasteiger partial charge in [0.05, 0.1) is 4.92 Å². The number of benzene rings is 1. The summed E-state index contributed by atoms with van der Waals surface area (Å²) in [7, 11) is 0. The third-order valence-electron chi connectivity index (χ3n) is 4.07. The molecular formula is C15H21ClN2O2. The molecule has 1 saturated heterocycles. The summed E-state index contributed by atoms with van der Waals surface area (Å²) in [5.41, 5.74) is 1.35. The van der Waals surface area contributed by atoms with Crippen LogP contribution in [0.3, 0.4) is 0 Å². The van der Waals surface area contributed by atoms with Crippen molar-refractivity contribution in [2.75, 3.05) is 13.1 Å². The highest BCUT2D eigenvalue weighted by molar-refractivity contribution is 6.31. The molecule has 0 amide bonds. The number of nitro benzene ring substituents is 1. The standard InChI is InChI=1S/C15H21ClN2O2/c1-15(2)6-3-8-17(9-7-15)11-12-10-13(18(19)20)4-5-14(12)16/h4-5,10H,3,6-9,11H2,1-2H3. The Balaban J connectivity index is 2.09. The van der Waals surface area contributed by atoms with E-state index in [4.69, 9.17) is 11.6 Å². The molecule has 1 heterocycles. The van der Waals surface area contributed by atoms with Gasteiger partial charge in [0.1, 0.15) is 0 Å². The van der Waals surface area contributed by atoms with Gasteiger partial charge in [-0.3, -0.25) is 15.0 Å². The molecule has 0 aliphatic carbocycles. The Bertz CT molecular complexity index is 503. The largest absolute Gasteiger partial charge is 0.299 e. The summed E-state index contributed by atoms with van der Waals surface area (Å²) in [5, 5.41) is 11.5. The smallest absolute Gasteiger partial charge is 0.269 e. The Labute approximate surface area is 124 Å². The molecule has 4 nitrogen and oxygen atoms in total. The number of nitrogens with zero attached hydrogens (tertiary/aromatic N) is 2. The lowest BCUT2D eigenvalue weighted by Crippen LogP contribution is -2.25. The highest BCUT2D eigenvalue weighted by atomic mass is 35.5. The van der Waals surface area contributed by atoms with Gasteiger partial charge in [0.2, 0.25) is 0 Å². The molecule has 0 aromatic heterocycles. The van der Waals surface area contributed by atoms with Gasteiger partial charge in [-0.1, -0.05) is 25.4 Å². The van der Waals surface area contributed by atoms with Crippen molar-refractivity contribution in [2.45, 2.75) is 39.7 Å². The normalized spacial score (nSPS) is 19.6. The minimum atomic E-state index is -0.370. The van der Waals surface area contributed by atoms with E-state index in [1.54, 1.807) is 12.1 Å². The maximum atomic E-state index is 10.8. The highest BCUT2D eigenvalue weighted by Gasteiger charge is 2.23. The minimum absolute atomic E-state index is 0.111. The van der Waals surface area contributed by atoms with Crippen LogP contribution in [0.4, 0.5) is 5.69 Å². The van der Waals surface area contributed by atoms with Gasteiger partial charge >= 0.3 is 0 Å². The highest BCUT2D eigenvalue weighted by Crippen LogP contribution is 2.31. The topological polar surface area (TPSA) is 46.4 Å². The Morgan fingerprint density at radius 3 is 2.80 bits per heavy atom. The number of non-ortho nitro benzene ring substituents is 1. The quantitative estimate of drug-likeness (QED) is 0.618. The van der Waals surface area contributed by atoms with Crippen molar-refractivity contribution < 1.29 is 4.92 Å². The van der Waals surface area contributed by atoms with Crippen molar-refractivity contribution in [3.05, 3.63) is 38.9 Å². The molecule has 1 aliphatic heterocycles. The van der Waals surface area contributed by atoms with E-state index in [0.29, 0.717) is 17.0 Å². The average molecular weight is 297 g/mol. The zero-order chi connectivity index (χ0) is 14.8. The molecule has 0 radical (unpaired) electrons. The fourth-order valence-electron chi connectivity index (χ4n) is 2.67. The third-order valence-corrected chi connectivity index (χ3v) is 4.44. The van der Waals surface area contributed by atoms with Crippen molar-refractivity contribution >= 4 is 17.3 Å². The van der Waals surface area contributed by atoms with Gasteiger partial charge in [-0.2, -0.15) is 0 Å². The van der Waals surface area contributed by atoms with Crippen molar-refractivity contribution in [1.29, 1.82) is 0 Å². The van der Waals surface area contributed by atoms with Gasteiger partial charge in [-0.25, -0.2) is 0 Å². The molecule has 2 rings (SSSR count). The van der Waals surface area contributed by atoms with Crippen molar-refractivity contribution in [3.8, 4) is 0 Å². The molecule has 1 fully saturated rings. The van der Waals surface area contributed by atoms with Crippen LogP contribution in [0, 0.1) is 15.5 Å². The number of rotatable bonds is 3. The zero-order valence-electron chi connectivity index (χ0n) is 12.1. The zero-order valence-corrected chi connectivity index (χ0v) is 12.8. The molecule has 0 saturated carbocycles. The van der Waals surface area contributed by atoms with E-state index in [2.05, 4.69) is 18.7 Å². The molecule has 0 unspecified atom stereocenters. The van der Waals surface area contributed by atoms with E-state index >= 15 is 0 Å². The van der Waals surface area contributed by atoms with E-state index in [1.165, 1.54) is 18.9 Å². The van der Waals surface area contributed by atoms with E-state index < -0.39 is 0 Å². The molecule has 5 heteroatoms. The second-order valence-electron chi connectivity index (χ2n) is 6.33. The SMILES string of the molecule is CC1(C)CCCN(Cc2cc([N+](=O)[O-])ccc2Cl)CC1. The second kappa shape index (κ2) is 6.10. The third kappa shape index (κ3) is 3.93. The number of hydrogen-bond donors (Lipinski definition) is 0. The summed E-state index contributed by atoms with van der Waals surface area (Å²) in [4.78, 5) is 12.8. The van der Waals surface area contributed by atoms with Crippen molar-refractivity contribution in [1.82, 2.24) is 4.90 Å². The Kier molecular flexibility index (Phi) is 4.66. The van der Waals surface area contributed by atoms with E-state index in [-0.39, 0.29) is 10.6 Å². The molecule has 110 valence electrons. The van der Waals surface area contributed by atoms with Crippen LogP contribution in [0.2, 0.25) is 5.02 Å². The molecule has 1 aromatic carbocycles. The Morgan fingerprint density at radius 1 is 1.35 bits per heavy atom. The van der Waals surface area contributed by atoms with Gasteiger partial charge < -0.3 is 0 Å². The predicted molar refractivity (Wildman–Crippen MR) is 81.0 cm³/mol. The number of nitro groups is 1. The first-order chi connectivity index (χ1) is 9.37. The van der Waals surface area contributed by atoms with Crippen molar-refractivity contribution in [3.63, 3.8) is 0 Å². The molecule has 0 atom stereocenters. The lowest BCUT2D eigenvalue weighted by Gasteiger charge is -2.23. The minimum Gasteiger partial charge on any atom is -0.299 e. The van der Waals surface area contributed by atoms with E-state index in [0.717, 1.165) is 25.1 Å². The lowest BCUT2D eigenvalue weighted by molar-refractivity contribution is -0.384. The van der Waals surface area contributed by atoms with Crippen LogP contribution >= 0.6 is 11.6 Å². The van der Waals surface area contributed by atoms with E-state index in [9.17, 15) is 10.1 Å². The molecule has 0 spiro atoms. The van der Waals surface area contributed by atoms with Gasteiger partial charge in [0.25, 0.3) is 5.69 Å². The molecule has 20 heavy (non-hydrogen) atoms. The Hall–Kier alpha value is -1.13. The van der Waals surface area contributed by atoms with Crippen LogP contribution in [0.1, 0.15) is 38.7 Å². The summed E-state index contributed by atoms with van der Waals surface area (Å²) in [5.74, 6) is 0. The first-order valence-corrected chi connectivity index (χ1v) is 7.40. The van der Waals surface area contributed by atoms with Crippen LogP contribution in [0.5, 0.6) is 0 Å². The number of likely N-dealkylation sites (tertiary alicyclic amines) is 1. The predicted octanol–water partition coefficient (Wildman–Crippen LogP) is 4.26. The summed E-state index contributed by atoms with van der Waals surface area (Å²) < 4.78 is 0. The van der Waals surface area contributed by atoms with Gasteiger partial charge in [-0.15, -0.1) is 0 Å². The first-order valence-electron chi connectivity index (χ1n) is 7.03. The maximum Gasteiger partial charge on any atom is 0.269 e. The number of hydrogen-bond acceptors (Lipinski definition) is 3. The van der Waals surface area contributed by atoms with Crippen LogP contribution in [-0.4, -0.2) is 22.9 Å². The van der Waals surface area contributed by atoms with Crippen LogP contribution in [0.15, 0.2) is 18.2 Å². The fourth-order valence-corrected chi connectivity index (χ4v) is 2.85. The summed E-state index contributed by atoms with van der Waals surface area (Å²) >= 11 is 6.17. The van der Waals surface area contributed by atoms with Crippen LogP contribution in [0.25, 0.3) is 0 Å². The molecule has 0 bridgehead atoms. The molecule has 1 aromatic rings. The Morgan fingerprint density at radius 2 is 2.10 bits per heavy atom. The average Bonchev–Trinajstić information content (AvgIpc) is 2.53. The molecule has 1 aliphatic rings. The van der Waals surface area contributed by atoms with Gasteiger partial charge in [0, 0.05) is 23.7 Å². The van der Waals surface area contributed by atoms with Gasteiger partial charge in [0.15, 0.2) is 0 Å². The van der Waals surface area contributed by atoms with E-state index in [1.807, 2.05) is 0 Å². The fraction of sp³-hybridized carbons (Fsp3) is 0.600. The summed E-state index contributed by atoms with van der Waals surface area (Å²) in [6.45, 7) is 7.35. The first kappa shape index (κ1) is 15.3. The second-order valence-corrected chi connectivity index (χ2v) is 6.73. The lowest BCUT2D eigenvalue weighted by atomic mass is 9.85. The molecule has 0 N–H and O–H groups in total. The van der Waals surface area contributed by atoms with Crippen LogP contribution in [-0.2, 0) is 6.54 Å². The monoisotopic (exact) mass is 296 g/mol. The molecular weight excluding hydrogens is 276 g/mol.